The van der Waals surface area contributed by atoms with E-state index in [0.29, 0.717) is 30.6 Å². The van der Waals surface area contributed by atoms with Gasteiger partial charge in [0.25, 0.3) is 0 Å². The van der Waals surface area contributed by atoms with Crippen LogP contribution in [0.5, 0.6) is 0 Å². The van der Waals surface area contributed by atoms with Crippen molar-refractivity contribution < 1.29 is 19.3 Å². The van der Waals surface area contributed by atoms with E-state index in [1.54, 1.807) is 13.7 Å². The highest BCUT2D eigenvalue weighted by Crippen LogP contribution is 2.52. The average Bonchev–Trinajstić information content (AvgIpc) is 3.20. The van der Waals surface area contributed by atoms with Gasteiger partial charge in [0.05, 0.1) is 5.56 Å². The third-order valence-electron chi connectivity index (χ3n) is 7.91. The van der Waals surface area contributed by atoms with Crippen molar-refractivity contribution in [2.45, 2.75) is 25.8 Å². The van der Waals surface area contributed by atoms with Crippen LogP contribution in [-0.2, 0) is 21.6 Å². The van der Waals surface area contributed by atoms with Gasteiger partial charge in [0.1, 0.15) is 0 Å². The van der Waals surface area contributed by atoms with Gasteiger partial charge in [-0.2, -0.15) is 0 Å². The monoisotopic (exact) mass is 492 g/mol. The van der Waals surface area contributed by atoms with Gasteiger partial charge in [-0.3, -0.25) is 4.79 Å². The molecular formula is C30H29BN2O4. The summed E-state index contributed by atoms with van der Waals surface area (Å²) in [5, 5.41) is 10.3. The fourth-order valence-electron chi connectivity index (χ4n) is 6.03. The van der Waals surface area contributed by atoms with Crippen LogP contribution in [0.2, 0.25) is 6.82 Å². The maximum atomic E-state index is 13.1. The van der Waals surface area contributed by atoms with E-state index in [-0.39, 0.29) is 11.9 Å². The fraction of sp³-hybridized carbons (Fsp3) is 0.267. The van der Waals surface area contributed by atoms with Crippen molar-refractivity contribution in [2.75, 3.05) is 31.1 Å². The van der Waals surface area contributed by atoms with E-state index in [4.69, 9.17) is 4.74 Å². The molecule has 1 amide bonds. The van der Waals surface area contributed by atoms with Gasteiger partial charge in [0.15, 0.2) is 5.60 Å². The van der Waals surface area contributed by atoms with Crippen LogP contribution in [0.4, 0.5) is 5.69 Å². The lowest BCUT2D eigenvalue weighted by atomic mass is 9.62. The molecule has 0 aromatic heterocycles. The molecule has 1 unspecified atom stereocenters. The van der Waals surface area contributed by atoms with Gasteiger partial charge >= 0.3 is 12.9 Å². The first-order valence-electron chi connectivity index (χ1n) is 12.8. The van der Waals surface area contributed by atoms with Crippen LogP contribution in [-0.4, -0.2) is 54.9 Å². The van der Waals surface area contributed by atoms with Crippen molar-refractivity contribution in [1.82, 2.24) is 4.90 Å². The van der Waals surface area contributed by atoms with Crippen LogP contribution in [0.25, 0.3) is 0 Å². The van der Waals surface area contributed by atoms with Gasteiger partial charge in [-0.25, -0.2) is 4.79 Å². The summed E-state index contributed by atoms with van der Waals surface area (Å²) in [6.45, 7) is 9.49. The van der Waals surface area contributed by atoms with Gasteiger partial charge in [-0.05, 0) is 48.1 Å². The van der Waals surface area contributed by atoms with Crippen LogP contribution in [0.15, 0.2) is 72.8 Å². The van der Waals surface area contributed by atoms with Crippen LogP contribution in [0.3, 0.4) is 0 Å². The molecule has 3 aromatic rings. The largest absolute Gasteiger partial charge is 0.447 e. The van der Waals surface area contributed by atoms with E-state index in [2.05, 4.69) is 29.7 Å². The summed E-state index contributed by atoms with van der Waals surface area (Å²) in [5.74, 6) is -0.310. The molecule has 186 valence electrons. The Labute approximate surface area is 217 Å². The quantitative estimate of drug-likeness (QED) is 0.346. The number of rotatable bonds is 3. The molecule has 0 bridgehead atoms. The molecular weight excluding hydrogens is 463 g/mol. The molecule has 1 fully saturated rings. The Morgan fingerprint density at radius 1 is 0.973 bits per heavy atom. The highest BCUT2D eigenvalue weighted by Gasteiger charge is 2.52. The molecule has 2 heterocycles. The van der Waals surface area contributed by atoms with Crippen LogP contribution in [0, 0.1) is 0 Å². The number of piperazine rings is 1. The Kier molecular flexibility index (Phi) is 5.49. The second-order valence-corrected chi connectivity index (χ2v) is 10.3. The lowest BCUT2D eigenvalue weighted by Gasteiger charge is -2.39. The van der Waals surface area contributed by atoms with E-state index >= 15 is 0 Å². The Bertz CT molecular complexity index is 1460. The average molecular weight is 492 g/mol. The number of fused-ring (bicyclic) bond motifs is 6. The lowest BCUT2D eigenvalue weighted by Crippen LogP contribution is -2.49. The van der Waals surface area contributed by atoms with Crippen LogP contribution >= 0.6 is 0 Å². The second-order valence-electron chi connectivity index (χ2n) is 10.3. The highest BCUT2D eigenvalue weighted by molar-refractivity contribution is 6.64. The number of hydrogen-bond donors (Lipinski definition) is 1. The number of carbonyl (C=O) groups is 2. The first-order valence-corrected chi connectivity index (χ1v) is 12.8. The zero-order chi connectivity index (χ0) is 25.9. The summed E-state index contributed by atoms with van der Waals surface area (Å²) in [4.78, 5) is 29.6. The molecule has 0 radical (unpaired) electrons. The molecule has 1 aliphatic carbocycles. The van der Waals surface area contributed by atoms with Gasteiger partial charge < -0.3 is 19.6 Å². The van der Waals surface area contributed by atoms with Crippen molar-refractivity contribution in [3.8, 4) is 0 Å². The molecule has 6 rings (SSSR count). The lowest BCUT2D eigenvalue weighted by molar-refractivity contribution is -0.127. The molecule has 0 saturated carbocycles. The Balaban J connectivity index is 1.43. The van der Waals surface area contributed by atoms with Gasteiger partial charge in [0, 0.05) is 54.1 Å². The first kappa shape index (κ1) is 23.6. The van der Waals surface area contributed by atoms with Gasteiger partial charge in [0.2, 0.25) is 5.91 Å². The Hall–Kier alpha value is -3.84. The third kappa shape index (κ3) is 3.60. The summed E-state index contributed by atoms with van der Waals surface area (Å²) in [7, 11) is 0. The summed E-state index contributed by atoms with van der Waals surface area (Å²) in [6.07, 6.45) is 0.675. The predicted molar refractivity (Wildman–Crippen MR) is 145 cm³/mol. The molecule has 1 N–H and O–H groups in total. The van der Waals surface area contributed by atoms with Gasteiger partial charge in [-0.15, -0.1) is 0 Å². The maximum Gasteiger partial charge on any atom is 0.340 e. The minimum atomic E-state index is -1.01. The number of carbonyl (C=O) groups excluding carboxylic acids is 2. The van der Waals surface area contributed by atoms with Gasteiger partial charge in [-0.1, -0.05) is 55.9 Å². The molecule has 6 nitrogen and oxygen atoms in total. The zero-order valence-electron chi connectivity index (χ0n) is 21.2. The molecule has 3 aliphatic rings. The van der Waals surface area contributed by atoms with Crippen molar-refractivity contribution in [2.24, 2.45) is 0 Å². The molecule has 2 aliphatic heterocycles. The molecule has 1 spiro atoms. The number of ether oxygens (including phenoxy) is 1. The van der Waals surface area contributed by atoms with Crippen molar-refractivity contribution >= 4 is 29.9 Å². The van der Waals surface area contributed by atoms with Crippen LogP contribution < -0.4 is 10.4 Å². The normalized spacial score (nSPS) is 19.7. The highest BCUT2D eigenvalue weighted by atomic mass is 16.6. The SMILES string of the molecule is C=C(C)C(=O)N1CCN(c2ccc3c(c2)Cc2cc(B(C)O)ccc2C32OC(=O)c3ccccc32)CC1. The fourth-order valence-corrected chi connectivity index (χ4v) is 6.03. The number of esters is 1. The number of hydrogen-bond acceptors (Lipinski definition) is 5. The van der Waals surface area contributed by atoms with E-state index in [0.717, 1.165) is 52.1 Å². The molecule has 1 atom stereocenters. The first-order chi connectivity index (χ1) is 17.8. The Morgan fingerprint density at radius 3 is 2.35 bits per heavy atom. The summed E-state index contributed by atoms with van der Waals surface area (Å²) in [5.41, 5.74) is 6.98. The summed E-state index contributed by atoms with van der Waals surface area (Å²) in [6, 6.07) is 20.0. The topological polar surface area (TPSA) is 70.1 Å². The van der Waals surface area contributed by atoms with Crippen molar-refractivity contribution in [3.63, 3.8) is 0 Å². The number of nitrogens with zero attached hydrogens (tertiary/aromatic N) is 2. The standard InChI is InChI=1S/C30H29BN2O4/c1-19(2)28(34)33-14-12-32(13-15-33)23-9-11-26-21(18-23)16-20-17-22(31(3)36)8-10-25(20)30(26)27-7-5-4-6-24(27)29(35)37-30/h4-11,17-18,36H,1,12-16H2,2-3H3. The summed E-state index contributed by atoms with van der Waals surface area (Å²) < 4.78 is 6.29. The number of amides is 1. The maximum absolute atomic E-state index is 13.1. The smallest absolute Gasteiger partial charge is 0.340 e. The van der Waals surface area contributed by atoms with E-state index in [1.807, 2.05) is 47.4 Å². The van der Waals surface area contributed by atoms with E-state index in [1.165, 1.54) is 0 Å². The minimum absolute atomic E-state index is 0.0132. The molecule has 37 heavy (non-hydrogen) atoms. The zero-order valence-corrected chi connectivity index (χ0v) is 21.2. The second kappa shape index (κ2) is 8.63. The predicted octanol–water partition coefficient (Wildman–Crippen LogP) is 3.10. The van der Waals surface area contributed by atoms with E-state index < -0.39 is 12.5 Å². The van der Waals surface area contributed by atoms with E-state index in [9.17, 15) is 14.6 Å². The molecule has 3 aromatic carbocycles. The van der Waals surface area contributed by atoms with Crippen molar-refractivity contribution in [1.29, 1.82) is 0 Å². The minimum Gasteiger partial charge on any atom is -0.447 e. The molecule has 1 saturated heterocycles. The molecule has 7 heteroatoms. The number of anilines is 1. The van der Waals surface area contributed by atoms with Crippen LogP contribution in [0.1, 0.15) is 45.1 Å². The van der Waals surface area contributed by atoms with Crippen molar-refractivity contribution in [3.05, 3.63) is 106 Å². The Morgan fingerprint density at radius 2 is 1.65 bits per heavy atom. The summed E-state index contributed by atoms with van der Waals surface area (Å²) >= 11 is 0. The third-order valence-corrected chi connectivity index (χ3v) is 7.91. The number of benzene rings is 3.